The molecule has 6 heteroatoms. The van der Waals surface area contributed by atoms with Crippen LogP contribution in [-0.4, -0.2) is 54.2 Å². The maximum atomic E-state index is 12.0. The van der Waals surface area contributed by atoms with Crippen molar-refractivity contribution in [2.75, 3.05) is 31.6 Å². The molecule has 6 nitrogen and oxygen atoms in total. The molecule has 0 bridgehead atoms. The molecule has 2 rings (SSSR count). The molecule has 0 N–H and O–H groups in total. The second kappa shape index (κ2) is 8.30. The van der Waals surface area contributed by atoms with Crippen LogP contribution in [0.15, 0.2) is 18.2 Å². The Hall–Kier alpha value is -2.13. The largest absolute Gasteiger partial charge is 0.459 e. The van der Waals surface area contributed by atoms with Crippen molar-refractivity contribution in [1.29, 1.82) is 5.26 Å². The number of rotatable bonds is 4. The average molecular weight is 344 g/mol. The highest BCUT2D eigenvalue weighted by atomic mass is 16.6. The van der Waals surface area contributed by atoms with Gasteiger partial charge in [0.2, 0.25) is 0 Å². The number of ether oxygens (including phenoxy) is 1. The van der Waals surface area contributed by atoms with E-state index in [9.17, 15) is 4.79 Å². The van der Waals surface area contributed by atoms with Crippen molar-refractivity contribution in [3.63, 3.8) is 0 Å². The standard InChI is InChI=1S/C19H28N4O2/c1-19(2,3)25-18(24)14-22(4)16-8-6-11-23(12-10-16)17-9-5-7-15(13-20)21-17/h5,7,9,16H,6,8,10-12,14H2,1-4H3/t16-/m0/s1. The lowest BCUT2D eigenvalue weighted by Crippen LogP contribution is -2.39. The number of esters is 1. The van der Waals surface area contributed by atoms with E-state index in [1.54, 1.807) is 6.07 Å². The summed E-state index contributed by atoms with van der Waals surface area (Å²) in [6.07, 6.45) is 3.02. The van der Waals surface area contributed by atoms with E-state index in [2.05, 4.69) is 20.9 Å². The Morgan fingerprint density at radius 1 is 1.40 bits per heavy atom. The third kappa shape index (κ3) is 6.02. The minimum Gasteiger partial charge on any atom is -0.459 e. The van der Waals surface area contributed by atoms with Crippen LogP contribution in [0.25, 0.3) is 0 Å². The van der Waals surface area contributed by atoms with Crippen LogP contribution < -0.4 is 4.90 Å². The fourth-order valence-corrected chi connectivity index (χ4v) is 3.12. The number of carbonyl (C=O) groups excluding carboxylic acids is 1. The monoisotopic (exact) mass is 344 g/mol. The van der Waals surface area contributed by atoms with Crippen molar-refractivity contribution >= 4 is 11.8 Å². The van der Waals surface area contributed by atoms with Gasteiger partial charge in [0.15, 0.2) is 0 Å². The zero-order valence-corrected chi connectivity index (χ0v) is 15.7. The first-order valence-electron chi connectivity index (χ1n) is 8.82. The maximum Gasteiger partial charge on any atom is 0.320 e. The fourth-order valence-electron chi connectivity index (χ4n) is 3.12. The summed E-state index contributed by atoms with van der Waals surface area (Å²) in [5.41, 5.74) is -0.00405. The summed E-state index contributed by atoms with van der Waals surface area (Å²) < 4.78 is 5.41. The molecule has 1 aromatic rings. The van der Waals surface area contributed by atoms with Crippen molar-refractivity contribution in [1.82, 2.24) is 9.88 Å². The predicted octanol–water partition coefficient (Wildman–Crippen LogP) is 2.59. The predicted molar refractivity (Wildman–Crippen MR) is 97.3 cm³/mol. The second-order valence-electron chi connectivity index (χ2n) is 7.57. The fraction of sp³-hybridized carbons (Fsp3) is 0.632. The first-order valence-corrected chi connectivity index (χ1v) is 8.82. The molecular formula is C19H28N4O2. The van der Waals surface area contributed by atoms with Gasteiger partial charge in [-0.1, -0.05) is 6.07 Å². The first-order chi connectivity index (χ1) is 11.8. The van der Waals surface area contributed by atoms with E-state index in [0.29, 0.717) is 18.3 Å². The van der Waals surface area contributed by atoms with Gasteiger partial charge in [-0.2, -0.15) is 5.26 Å². The van der Waals surface area contributed by atoms with Gasteiger partial charge in [0.25, 0.3) is 0 Å². The van der Waals surface area contributed by atoms with Crippen molar-refractivity contribution < 1.29 is 9.53 Å². The molecule has 0 unspecified atom stereocenters. The number of nitriles is 1. The second-order valence-corrected chi connectivity index (χ2v) is 7.57. The summed E-state index contributed by atoms with van der Waals surface area (Å²) in [7, 11) is 1.98. The van der Waals surface area contributed by atoms with Gasteiger partial charge in [0, 0.05) is 19.1 Å². The van der Waals surface area contributed by atoms with Gasteiger partial charge in [-0.15, -0.1) is 0 Å². The molecule has 2 heterocycles. The number of hydrogen-bond acceptors (Lipinski definition) is 6. The Balaban J connectivity index is 1.92. The molecule has 136 valence electrons. The highest BCUT2D eigenvalue weighted by Crippen LogP contribution is 2.20. The zero-order valence-electron chi connectivity index (χ0n) is 15.7. The molecule has 0 aliphatic carbocycles. The topological polar surface area (TPSA) is 69.5 Å². The van der Waals surface area contributed by atoms with E-state index < -0.39 is 5.60 Å². The lowest BCUT2D eigenvalue weighted by atomic mass is 10.1. The number of aromatic nitrogens is 1. The van der Waals surface area contributed by atoms with Crippen LogP contribution in [0.2, 0.25) is 0 Å². The van der Waals surface area contributed by atoms with E-state index >= 15 is 0 Å². The van der Waals surface area contributed by atoms with Crippen LogP contribution in [0, 0.1) is 11.3 Å². The molecule has 1 saturated heterocycles. The van der Waals surface area contributed by atoms with Crippen LogP contribution in [0.3, 0.4) is 0 Å². The van der Waals surface area contributed by atoms with Crippen LogP contribution in [0.1, 0.15) is 45.7 Å². The molecule has 1 fully saturated rings. The lowest BCUT2D eigenvalue weighted by molar-refractivity contribution is -0.156. The number of anilines is 1. The quantitative estimate of drug-likeness (QED) is 0.782. The molecule has 0 amide bonds. The number of likely N-dealkylation sites (N-methyl/N-ethyl adjacent to an activating group) is 1. The Bertz CT molecular complexity index is 633. The van der Waals surface area contributed by atoms with Crippen molar-refractivity contribution in [2.45, 2.75) is 51.7 Å². The molecule has 0 spiro atoms. The molecule has 1 aromatic heterocycles. The molecule has 1 aliphatic heterocycles. The van der Waals surface area contributed by atoms with Crippen LogP contribution in [-0.2, 0) is 9.53 Å². The zero-order chi connectivity index (χ0) is 18.4. The van der Waals surface area contributed by atoms with E-state index in [4.69, 9.17) is 10.00 Å². The molecule has 1 aliphatic rings. The average Bonchev–Trinajstić information content (AvgIpc) is 2.79. The number of hydrogen-bond donors (Lipinski definition) is 0. The highest BCUT2D eigenvalue weighted by Gasteiger charge is 2.24. The van der Waals surface area contributed by atoms with Crippen molar-refractivity contribution in [3.05, 3.63) is 23.9 Å². The van der Waals surface area contributed by atoms with Gasteiger partial charge in [-0.3, -0.25) is 9.69 Å². The smallest absolute Gasteiger partial charge is 0.320 e. The number of nitrogens with zero attached hydrogens (tertiary/aromatic N) is 4. The van der Waals surface area contributed by atoms with Crippen LogP contribution in [0.5, 0.6) is 0 Å². The minimum absolute atomic E-state index is 0.181. The minimum atomic E-state index is -0.449. The summed E-state index contributed by atoms with van der Waals surface area (Å²) in [5, 5.41) is 9.01. The third-order valence-electron chi connectivity index (χ3n) is 4.29. The Morgan fingerprint density at radius 3 is 2.84 bits per heavy atom. The van der Waals surface area contributed by atoms with Gasteiger partial charge >= 0.3 is 5.97 Å². The molecule has 0 aromatic carbocycles. The van der Waals surface area contributed by atoms with E-state index in [1.807, 2.05) is 40.0 Å². The maximum absolute atomic E-state index is 12.0. The van der Waals surface area contributed by atoms with Gasteiger partial charge in [0.05, 0.1) is 6.54 Å². The van der Waals surface area contributed by atoms with Gasteiger partial charge in [-0.25, -0.2) is 4.98 Å². The number of carbonyl (C=O) groups is 1. The molecular weight excluding hydrogens is 316 g/mol. The molecule has 1 atom stereocenters. The Labute approximate surface area is 150 Å². The summed E-state index contributed by atoms with van der Waals surface area (Å²) in [4.78, 5) is 20.7. The van der Waals surface area contributed by atoms with E-state index in [-0.39, 0.29) is 5.97 Å². The first kappa shape index (κ1) is 19.2. The van der Waals surface area contributed by atoms with Crippen LogP contribution >= 0.6 is 0 Å². The lowest BCUT2D eigenvalue weighted by Gasteiger charge is -2.28. The molecule has 0 saturated carbocycles. The van der Waals surface area contributed by atoms with Gasteiger partial charge < -0.3 is 9.64 Å². The summed E-state index contributed by atoms with van der Waals surface area (Å²) in [6.45, 7) is 7.75. The van der Waals surface area contributed by atoms with Crippen molar-refractivity contribution in [2.24, 2.45) is 0 Å². The normalized spacial score (nSPS) is 18.6. The molecule has 25 heavy (non-hydrogen) atoms. The van der Waals surface area contributed by atoms with Gasteiger partial charge in [0.1, 0.15) is 23.2 Å². The number of pyridine rings is 1. The third-order valence-corrected chi connectivity index (χ3v) is 4.29. The highest BCUT2D eigenvalue weighted by molar-refractivity contribution is 5.72. The van der Waals surface area contributed by atoms with E-state index in [1.165, 1.54) is 0 Å². The summed E-state index contributed by atoms with van der Waals surface area (Å²) >= 11 is 0. The Kier molecular flexibility index (Phi) is 6.38. The van der Waals surface area contributed by atoms with Crippen LogP contribution in [0.4, 0.5) is 5.82 Å². The summed E-state index contributed by atoms with van der Waals surface area (Å²) in [6, 6.07) is 7.98. The van der Waals surface area contributed by atoms with Crippen molar-refractivity contribution in [3.8, 4) is 6.07 Å². The summed E-state index contributed by atoms with van der Waals surface area (Å²) in [5.74, 6) is 0.675. The van der Waals surface area contributed by atoms with Gasteiger partial charge in [-0.05, 0) is 59.2 Å². The van der Waals surface area contributed by atoms with E-state index in [0.717, 1.165) is 38.2 Å². The SMILES string of the molecule is CN(CC(=O)OC(C)(C)C)[C@H]1CCCN(c2cccc(C#N)n2)CC1. The Morgan fingerprint density at radius 2 is 2.16 bits per heavy atom. The molecule has 0 radical (unpaired) electrons.